The van der Waals surface area contributed by atoms with Crippen molar-refractivity contribution in [3.05, 3.63) is 99.6 Å². The van der Waals surface area contributed by atoms with Crippen molar-refractivity contribution in [1.29, 1.82) is 0 Å². The minimum Gasteiger partial charge on any atom is -0.390 e. The first-order valence-corrected chi connectivity index (χ1v) is 15.8. The molecule has 41 heavy (non-hydrogen) atoms. The molecule has 3 aromatic rings. The number of hydrogen-bond acceptors (Lipinski definition) is 6. The second-order valence-corrected chi connectivity index (χ2v) is 13.0. The summed E-state index contributed by atoms with van der Waals surface area (Å²) in [6.45, 7) is 4.23. The van der Waals surface area contributed by atoms with Crippen LogP contribution in [-0.2, 0) is 16.6 Å². The van der Waals surface area contributed by atoms with Crippen molar-refractivity contribution in [2.24, 2.45) is 0 Å². The van der Waals surface area contributed by atoms with Crippen LogP contribution in [-0.4, -0.2) is 48.5 Å². The molecule has 0 bridgehead atoms. The maximum Gasteiger partial charge on any atom is 0.269 e. The summed E-state index contributed by atoms with van der Waals surface area (Å²) in [7, 11) is -0.357. The van der Waals surface area contributed by atoms with Crippen LogP contribution in [0.15, 0.2) is 77.7 Å². The van der Waals surface area contributed by atoms with Crippen LogP contribution in [0, 0.1) is 10.1 Å². The van der Waals surface area contributed by atoms with Gasteiger partial charge in [0.25, 0.3) is 5.69 Å². The monoisotopic (exact) mass is 579 g/mol. The first kappa shape index (κ1) is 30.7. The Morgan fingerprint density at radius 2 is 1.61 bits per heavy atom. The average Bonchev–Trinajstić information content (AvgIpc) is 3.02. The maximum atomic E-state index is 14.8. The Balaban J connectivity index is 2.09. The van der Waals surface area contributed by atoms with Crippen molar-refractivity contribution in [2.75, 3.05) is 19.0 Å². The fourth-order valence-corrected chi connectivity index (χ4v) is 8.15. The van der Waals surface area contributed by atoms with E-state index in [-0.39, 0.29) is 17.1 Å². The number of aliphatic hydroxyl groups is 1. The normalized spacial score (nSPS) is 19.7. The van der Waals surface area contributed by atoms with Gasteiger partial charge in [0.05, 0.1) is 21.5 Å². The van der Waals surface area contributed by atoms with Crippen LogP contribution < -0.4 is 4.90 Å². The van der Waals surface area contributed by atoms with E-state index in [0.29, 0.717) is 24.0 Å². The summed E-state index contributed by atoms with van der Waals surface area (Å²) in [5.41, 5.74) is 1.37. The highest BCUT2D eigenvalue weighted by Crippen LogP contribution is 2.50. The third kappa shape index (κ3) is 6.03. The smallest absolute Gasteiger partial charge is 0.269 e. The van der Waals surface area contributed by atoms with Crippen LogP contribution in [0.3, 0.4) is 0 Å². The lowest BCUT2D eigenvalue weighted by atomic mass is 9.72. The van der Waals surface area contributed by atoms with Gasteiger partial charge in [0.2, 0.25) is 10.0 Å². The van der Waals surface area contributed by atoms with Gasteiger partial charge in [-0.25, -0.2) is 8.42 Å². The van der Waals surface area contributed by atoms with Gasteiger partial charge in [0, 0.05) is 44.4 Å². The van der Waals surface area contributed by atoms with Crippen LogP contribution in [0.5, 0.6) is 0 Å². The van der Waals surface area contributed by atoms with Crippen LogP contribution in [0.25, 0.3) is 0 Å². The van der Waals surface area contributed by atoms with Gasteiger partial charge in [0.1, 0.15) is 0 Å². The van der Waals surface area contributed by atoms with Crippen molar-refractivity contribution in [3.8, 4) is 0 Å². The summed E-state index contributed by atoms with van der Waals surface area (Å²) in [5, 5.41) is 24.4. The summed E-state index contributed by atoms with van der Waals surface area (Å²) >= 11 is 0. The lowest BCUT2D eigenvalue weighted by Crippen LogP contribution is -2.58. The molecule has 0 saturated heterocycles. The van der Waals surface area contributed by atoms with E-state index < -0.39 is 32.5 Å². The van der Waals surface area contributed by atoms with E-state index in [2.05, 4.69) is 13.8 Å². The van der Waals surface area contributed by atoms with Crippen LogP contribution >= 0.6 is 0 Å². The van der Waals surface area contributed by atoms with Gasteiger partial charge in [-0.2, -0.15) is 4.31 Å². The molecule has 0 unspecified atom stereocenters. The summed E-state index contributed by atoms with van der Waals surface area (Å²) in [6, 6.07) is 21.0. The zero-order chi connectivity index (χ0) is 29.8. The fourth-order valence-electron chi connectivity index (χ4n) is 6.10. The van der Waals surface area contributed by atoms with E-state index in [1.165, 1.54) is 12.1 Å². The number of nitro groups is 1. The molecule has 0 aromatic heterocycles. The van der Waals surface area contributed by atoms with Gasteiger partial charge in [-0.15, -0.1) is 0 Å². The fraction of sp³-hybridized carbons (Fsp3) is 0.438. The number of sulfonamides is 1. The van der Waals surface area contributed by atoms with Gasteiger partial charge in [-0.3, -0.25) is 10.1 Å². The molecule has 220 valence electrons. The molecule has 1 aliphatic rings. The Labute approximate surface area is 243 Å². The van der Waals surface area contributed by atoms with Crippen LogP contribution in [0.2, 0.25) is 0 Å². The number of nitro benzene ring substituents is 1. The topological polar surface area (TPSA) is 104 Å². The van der Waals surface area contributed by atoms with Crippen molar-refractivity contribution in [3.63, 3.8) is 0 Å². The molecule has 8 nitrogen and oxygen atoms in total. The molecule has 1 aliphatic heterocycles. The molecule has 1 N–H and O–H groups in total. The standard InChI is InChI=1S/C32H41N3O5S/c1-5-7-19-32(20-8-6-2)31(36)30(25-15-12-16-27(21-25)35(37)38)28-22-26(33(3)4)17-18-29(28)41(39,40)34(32)23-24-13-10-9-11-14-24/h9-18,21-22,30-31,36H,5-8,19-20,23H2,1-4H3/t30-,31-/m1/s1. The van der Waals surface area contributed by atoms with Crippen molar-refractivity contribution in [1.82, 2.24) is 4.31 Å². The third-order valence-electron chi connectivity index (χ3n) is 8.31. The van der Waals surface area contributed by atoms with E-state index in [4.69, 9.17) is 0 Å². The molecule has 3 aromatic carbocycles. The number of nitrogens with zero attached hydrogens (tertiary/aromatic N) is 3. The number of aliphatic hydroxyl groups excluding tert-OH is 1. The highest BCUT2D eigenvalue weighted by atomic mass is 32.2. The average molecular weight is 580 g/mol. The lowest BCUT2D eigenvalue weighted by molar-refractivity contribution is -0.384. The van der Waals surface area contributed by atoms with Crippen molar-refractivity contribution >= 4 is 21.4 Å². The second-order valence-electron chi connectivity index (χ2n) is 11.2. The Morgan fingerprint density at radius 3 is 2.20 bits per heavy atom. The summed E-state index contributed by atoms with van der Waals surface area (Å²) in [6.07, 6.45) is 2.90. The number of fused-ring (bicyclic) bond motifs is 1. The predicted octanol–water partition coefficient (Wildman–Crippen LogP) is 6.48. The van der Waals surface area contributed by atoms with Gasteiger partial charge in [-0.1, -0.05) is 82.0 Å². The summed E-state index contributed by atoms with van der Waals surface area (Å²) in [4.78, 5) is 13.3. The van der Waals surface area contributed by atoms with E-state index in [1.807, 2.05) is 55.4 Å². The lowest BCUT2D eigenvalue weighted by Gasteiger charge is -2.47. The van der Waals surface area contributed by atoms with E-state index in [9.17, 15) is 23.6 Å². The van der Waals surface area contributed by atoms with Gasteiger partial charge >= 0.3 is 0 Å². The molecule has 0 radical (unpaired) electrons. The Hall–Kier alpha value is -3.27. The number of non-ortho nitro benzene ring substituents is 1. The SMILES string of the molecule is CCCCC1(CCCC)[C@H](O)[C@H](c2cccc([N+](=O)[O-])c2)c2cc(N(C)C)ccc2S(=O)(=O)N1Cc1ccccc1. The summed E-state index contributed by atoms with van der Waals surface area (Å²) < 4.78 is 31.2. The highest BCUT2D eigenvalue weighted by Gasteiger charge is 2.54. The molecule has 0 spiro atoms. The molecule has 0 fully saturated rings. The highest BCUT2D eigenvalue weighted by molar-refractivity contribution is 7.89. The Kier molecular flexibility index (Phi) is 9.51. The quantitative estimate of drug-likeness (QED) is 0.206. The molecular formula is C32H41N3O5S. The Morgan fingerprint density at radius 1 is 0.951 bits per heavy atom. The first-order chi connectivity index (χ1) is 19.6. The number of anilines is 1. The molecule has 1 heterocycles. The zero-order valence-electron chi connectivity index (χ0n) is 24.4. The second kappa shape index (κ2) is 12.7. The van der Waals surface area contributed by atoms with Crippen LogP contribution in [0.1, 0.15) is 75.0 Å². The van der Waals surface area contributed by atoms with Crippen LogP contribution in [0.4, 0.5) is 11.4 Å². The van der Waals surface area contributed by atoms with Crippen molar-refractivity contribution in [2.45, 2.75) is 81.4 Å². The van der Waals surface area contributed by atoms with Gasteiger partial charge in [-0.05, 0) is 47.7 Å². The molecule has 0 aliphatic carbocycles. The third-order valence-corrected chi connectivity index (χ3v) is 10.3. The van der Waals surface area contributed by atoms with Gasteiger partial charge in [0.15, 0.2) is 0 Å². The zero-order valence-corrected chi connectivity index (χ0v) is 25.2. The number of rotatable bonds is 11. The van der Waals surface area contributed by atoms with E-state index >= 15 is 0 Å². The number of hydrogen-bond donors (Lipinski definition) is 1. The van der Waals surface area contributed by atoms with E-state index in [0.717, 1.165) is 36.9 Å². The molecule has 4 rings (SSSR count). The minimum absolute atomic E-state index is 0.0963. The Bertz CT molecular complexity index is 1450. The van der Waals surface area contributed by atoms with E-state index in [1.54, 1.807) is 28.6 Å². The maximum absolute atomic E-state index is 14.8. The van der Waals surface area contributed by atoms with Crippen molar-refractivity contribution < 1.29 is 18.4 Å². The number of benzene rings is 3. The molecular weight excluding hydrogens is 538 g/mol. The summed E-state index contributed by atoms with van der Waals surface area (Å²) in [5.74, 6) is -0.797. The first-order valence-electron chi connectivity index (χ1n) is 14.4. The predicted molar refractivity (Wildman–Crippen MR) is 163 cm³/mol. The molecule has 0 amide bonds. The van der Waals surface area contributed by atoms with Gasteiger partial charge < -0.3 is 10.0 Å². The molecule has 9 heteroatoms. The molecule has 0 saturated carbocycles. The minimum atomic E-state index is -4.11. The molecule has 2 atom stereocenters. The largest absolute Gasteiger partial charge is 0.390 e. The number of unbranched alkanes of at least 4 members (excludes halogenated alkanes) is 2.